The summed E-state index contributed by atoms with van der Waals surface area (Å²) >= 11 is 0. The molecule has 35 heavy (non-hydrogen) atoms. The summed E-state index contributed by atoms with van der Waals surface area (Å²) in [5.74, 6) is 2.96. The van der Waals surface area contributed by atoms with Crippen molar-refractivity contribution in [2.45, 2.75) is 62.5 Å². The lowest BCUT2D eigenvalue weighted by atomic mass is 9.47. The highest BCUT2D eigenvalue weighted by atomic mass is 16.5. The van der Waals surface area contributed by atoms with Crippen LogP contribution in [-0.4, -0.2) is 49.1 Å². The Labute approximate surface area is 208 Å². The van der Waals surface area contributed by atoms with Gasteiger partial charge < -0.3 is 14.2 Å². The van der Waals surface area contributed by atoms with Gasteiger partial charge in [0.1, 0.15) is 5.75 Å². The van der Waals surface area contributed by atoms with Crippen LogP contribution in [0.4, 0.5) is 0 Å². The Hall–Kier alpha value is -2.79. The number of Topliss-reactive ketones (excluding diaryl/α,β-unsaturated/α-hetero) is 1. The Kier molecular flexibility index (Phi) is 5.44. The summed E-state index contributed by atoms with van der Waals surface area (Å²) in [6, 6.07) is 12.9. The van der Waals surface area contributed by atoms with Gasteiger partial charge in [-0.2, -0.15) is 0 Å². The van der Waals surface area contributed by atoms with E-state index in [1.54, 1.807) is 7.11 Å². The molecule has 2 aliphatic heterocycles. The number of likely N-dealkylation sites (tertiary alicyclic amines) is 1. The molecule has 2 aromatic carbocycles. The number of carbonyl (C=O) groups excluding carboxylic acids is 1. The van der Waals surface area contributed by atoms with Crippen molar-refractivity contribution in [2.75, 3.05) is 26.8 Å². The molecule has 0 unspecified atom stereocenters. The second-order valence-electron chi connectivity index (χ2n) is 10.7. The molecule has 2 fully saturated rings. The fourth-order valence-corrected chi connectivity index (χ4v) is 7.65. The molecular formula is C30H35NO4. The molecule has 4 atom stereocenters. The summed E-state index contributed by atoms with van der Waals surface area (Å²) in [6.07, 6.45) is 7.24. The van der Waals surface area contributed by atoms with Gasteiger partial charge in [-0.25, -0.2) is 0 Å². The first-order chi connectivity index (χ1) is 17.0. The molecule has 2 bridgehead atoms. The van der Waals surface area contributed by atoms with Gasteiger partial charge in [-0.15, -0.1) is 6.58 Å². The Morgan fingerprint density at radius 3 is 2.86 bits per heavy atom. The minimum absolute atomic E-state index is 0.223. The Morgan fingerprint density at radius 1 is 1.26 bits per heavy atom. The Morgan fingerprint density at radius 2 is 2.09 bits per heavy atom. The number of rotatable bonds is 8. The van der Waals surface area contributed by atoms with Gasteiger partial charge in [-0.3, -0.25) is 9.69 Å². The fourth-order valence-electron chi connectivity index (χ4n) is 7.65. The van der Waals surface area contributed by atoms with Crippen LogP contribution in [0.2, 0.25) is 0 Å². The molecule has 0 aromatic heterocycles. The quantitative estimate of drug-likeness (QED) is 0.404. The highest BCUT2D eigenvalue weighted by Gasteiger charge is 2.72. The largest absolute Gasteiger partial charge is 0.493 e. The monoisotopic (exact) mass is 473 g/mol. The van der Waals surface area contributed by atoms with Crippen LogP contribution in [0.25, 0.3) is 0 Å². The van der Waals surface area contributed by atoms with Crippen molar-refractivity contribution in [1.29, 1.82) is 0 Å². The SMILES string of the molecule is C=CCN1CC[C@]23c4c5c(OCCCc6ccccc6)cc(OC)c4O[C@@]2(C)C(=O)CC[C@H]3[C@H]1C5. The van der Waals surface area contributed by atoms with Crippen molar-refractivity contribution >= 4 is 5.78 Å². The van der Waals surface area contributed by atoms with E-state index in [-0.39, 0.29) is 11.2 Å². The first-order valence-corrected chi connectivity index (χ1v) is 13.0. The summed E-state index contributed by atoms with van der Waals surface area (Å²) in [5, 5.41) is 0. The summed E-state index contributed by atoms with van der Waals surface area (Å²) < 4.78 is 19.0. The van der Waals surface area contributed by atoms with Crippen molar-refractivity contribution < 1.29 is 19.0 Å². The summed E-state index contributed by atoms with van der Waals surface area (Å²) in [5.41, 5.74) is 2.58. The number of carbonyl (C=O) groups is 1. The van der Waals surface area contributed by atoms with E-state index in [0.717, 1.165) is 56.7 Å². The number of methoxy groups -OCH3 is 1. The van der Waals surface area contributed by atoms with Crippen LogP contribution < -0.4 is 14.2 Å². The maximum atomic E-state index is 13.5. The maximum absolute atomic E-state index is 13.5. The average molecular weight is 474 g/mol. The third-order valence-corrected chi connectivity index (χ3v) is 9.20. The molecule has 1 spiro atoms. The van der Waals surface area contributed by atoms with E-state index in [4.69, 9.17) is 14.2 Å². The summed E-state index contributed by atoms with van der Waals surface area (Å²) in [6.45, 7) is 8.50. The predicted molar refractivity (Wildman–Crippen MR) is 136 cm³/mol. The number of ketones is 1. The number of benzene rings is 2. The molecule has 1 saturated heterocycles. The van der Waals surface area contributed by atoms with Crippen molar-refractivity contribution in [3.05, 3.63) is 65.7 Å². The zero-order chi connectivity index (χ0) is 24.2. The van der Waals surface area contributed by atoms with Gasteiger partial charge in [-0.05, 0) is 57.1 Å². The molecule has 0 N–H and O–H groups in total. The van der Waals surface area contributed by atoms with Crippen molar-refractivity contribution in [3.8, 4) is 17.2 Å². The molecule has 5 nitrogen and oxygen atoms in total. The third-order valence-electron chi connectivity index (χ3n) is 9.20. The smallest absolute Gasteiger partial charge is 0.177 e. The molecule has 1 saturated carbocycles. The maximum Gasteiger partial charge on any atom is 0.177 e. The zero-order valence-electron chi connectivity index (χ0n) is 20.8. The molecular weight excluding hydrogens is 438 g/mol. The topological polar surface area (TPSA) is 48.0 Å². The van der Waals surface area contributed by atoms with E-state index in [9.17, 15) is 4.79 Å². The standard InChI is InChI=1S/C30H35NO4/c1-4-15-31-16-14-30-22-12-13-26(32)29(30,2)35-28-25(33-3)19-24(21(27(28)30)18-23(22)31)34-17-8-11-20-9-6-5-7-10-20/h4-7,9-10,19,22-23H,1,8,11-18H2,2-3H3/t22-,23+,29-,30-/m0/s1. The first-order valence-electron chi connectivity index (χ1n) is 13.0. The third kappa shape index (κ3) is 3.13. The van der Waals surface area contributed by atoms with Gasteiger partial charge in [0.05, 0.1) is 19.1 Å². The Bertz CT molecular complexity index is 1160. The van der Waals surface area contributed by atoms with Gasteiger partial charge in [-0.1, -0.05) is 36.4 Å². The van der Waals surface area contributed by atoms with Crippen molar-refractivity contribution in [1.82, 2.24) is 4.90 Å². The minimum Gasteiger partial charge on any atom is -0.493 e. The van der Waals surface area contributed by atoms with Gasteiger partial charge in [0.25, 0.3) is 0 Å². The summed E-state index contributed by atoms with van der Waals surface area (Å²) in [7, 11) is 1.68. The molecule has 0 amide bonds. The van der Waals surface area contributed by atoms with Crippen LogP contribution in [-0.2, 0) is 23.1 Å². The predicted octanol–water partition coefficient (Wildman–Crippen LogP) is 4.89. The zero-order valence-corrected chi connectivity index (χ0v) is 20.8. The van der Waals surface area contributed by atoms with Crippen LogP contribution in [0.1, 0.15) is 49.3 Å². The lowest BCUT2D eigenvalue weighted by Gasteiger charge is -2.60. The highest BCUT2D eigenvalue weighted by molar-refractivity contribution is 5.93. The lowest BCUT2D eigenvalue weighted by molar-refractivity contribution is -0.154. The van der Waals surface area contributed by atoms with E-state index in [1.165, 1.54) is 16.7 Å². The summed E-state index contributed by atoms with van der Waals surface area (Å²) in [4.78, 5) is 16.0. The number of ether oxygens (including phenoxy) is 3. The number of hydrogen-bond donors (Lipinski definition) is 0. The van der Waals surface area contributed by atoms with Gasteiger partial charge in [0, 0.05) is 36.2 Å². The molecule has 184 valence electrons. The number of aryl methyl sites for hydroxylation is 1. The molecule has 6 rings (SSSR count). The molecule has 2 heterocycles. The number of nitrogens with zero attached hydrogens (tertiary/aromatic N) is 1. The number of piperidine rings is 1. The second-order valence-corrected chi connectivity index (χ2v) is 10.7. The van der Waals surface area contributed by atoms with Crippen LogP contribution in [0.5, 0.6) is 17.2 Å². The van der Waals surface area contributed by atoms with E-state index >= 15 is 0 Å². The van der Waals surface area contributed by atoms with Crippen molar-refractivity contribution in [3.63, 3.8) is 0 Å². The van der Waals surface area contributed by atoms with Gasteiger partial charge >= 0.3 is 0 Å². The van der Waals surface area contributed by atoms with E-state index < -0.39 is 5.60 Å². The van der Waals surface area contributed by atoms with Crippen molar-refractivity contribution in [2.24, 2.45) is 5.92 Å². The average Bonchev–Trinajstić information content (AvgIpc) is 3.15. The minimum atomic E-state index is -0.842. The molecule has 2 aliphatic carbocycles. The molecule has 4 aliphatic rings. The van der Waals surface area contributed by atoms with Gasteiger partial charge in [0.15, 0.2) is 22.9 Å². The van der Waals surface area contributed by atoms with Crippen LogP contribution >= 0.6 is 0 Å². The van der Waals surface area contributed by atoms with Crippen LogP contribution in [0, 0.1) is 5.92 Å². The lowest BCUT2D eigenvalue weighted by Crippen LogP contribution is -2.70. The van der Waals surface area contributed by atoms with E-state index in [0.29, 0.717) is 30.7 Å². The first kappa shape index (κ1) is 22.7. The molecule has 2 aromatic rings. The van der Waals surface area contributed by atoms with Crippen LogP contribution in [0.3, 0.4) is 0 Å². The highest BCUT2D eigenvalue weighted by Crippen LogP contribution is 2.68. The Balaban J connectivity index is 1.40. The second kappa shape index (κ2) is 8.41. The molecule has 0 radical (unpaired) electrons. The van der Waals surface area contributed by atoms with E-state index in [2.05, 4.69) is 35.7 Å². The van der Waals surface area contributed by atoms with Crippen LogP contribution in [0.15, 0.2) is 49.1 Å². The van der Waals surface area contributed by atoms with Gasteiger partial charge in [0.2, 0.25) is 0 Å². The fraction of sp³-hybridized carbons (Fsp3) is 0.500. The normalized spacial score (nSPS) is 30.4. The van der Waals surface area contributed by atoms with E-state index in [1.807, 2.05) is 25.1 Å². The number of hydrogen-bond acceptors (Lipinski definition) is 5. The molecule has 5 heteroatoms.